The van der Waals surface area contributed by atoms with Crippen LogP contribution in [0.5, 0.6) is 0 Å². The van der Waals surface area contributed by atoms with E-state index in [-0.39, 0.29) is 25.2 Å². The molecule has 1 aromatic heterocycles. The number of hydrogen-bond donors (Lipinski definition) is 2. The first-order chi connectivity index (χ1) is 17.5. The van der Waals surface area contributed by atoms with Crippen LogP contribution in [0.25, 0.3) is 0 Å². The summed E-state index contributed by atoms with van der Waals surface area (Å²) >= 11 is 0. The lowest BCUT2D eigenvalue weighted by molar-refractivity contribution is -0.141. The molecule has 2 N–H and O–H groups in total. The molecular weight excluding hydrogens is 478 g/mol. The molecule has 0 aliphatic carbocycles. The van der Waals surface area contributed by atoms with E-state index in [1.165, 1.54) is 9.75 Å². The van der Waals surface area contributed by atoms with E-state index in [2.05, 4.69) is 15.7 Å². The quantitative estimate of drug-likeness (QED) is 0.556. The summed E-state index contributed by atoms with van der Waals surface area (Å²) in [4.78, 5) is 48.0. The second-order valence-electron chi connectivity index (χ2n) is 10.4. The number of fused-ring (bicyclic) bond motifs is 4. The van der Waals surface area contributed by atoms with E-state index in [1.807, 2.05) is 49.3 Å². The molecule has 0 spiro atoms. The SMILES string of the molecule is CN(C)CCNC(=O)n1cc2c(n1)C(CNC(=O)OC(C)(C)C)N1C[C@H]2N(OCc2ccccc2)C1=O. The normalized spacial score (nSPS) is 18.7. The Bertz CT molecular complexity index is 1130. The minimum absolute atomic E-state index is 0.0756. The van der Waals surface area contributed by atoms with Crippen molar-refractivity contribution in [1.29, 1.82) is 0 Å². The van der Waals surface area contributed by atoms with Crippen molar-refractivity contribution in [3.05, 3.63) is 53.3 Å². The van der Waals surface area contributed by atoms with Gasteiger partial charge in [0, 0.05) is 31.4 Å². The van der Waals surface area contributed by atoms with Crippen LogP contribution < -0.4 is 10.6 Å². The lowest BCUT2D eigenvalue weighted by atomic mass is 9.98. The predicted molar refractivity (Wildman–Crippen MR) is 134 cm³/mol. The molecule has 0 saturated carbocycles. The molecule has 12 heteroatoms. The molecular formula is C25H35N7O5. The average molecular weight is 514 g/mol. The zero-order valence-electron chi connectivity index (χ0n) is 21.9. The lowest BCUT2D eigenvalue weighted by Crippen LogP contribution is -2.42. The number of carbonyl (C=O) groups excluding carboxylic acids is 3. The van der Waals surface area contributed by atoms with Gasteiger partial charge in [0.2, 0.25) is 0 Å². The zero-order chi connectivity index (χ0) is 26.7. The van der Waals surface area contributed by atoms with Crippen LogP contribution in [0.4, 0.5) is 14.4 Å². The molecule has 4 amide bonds. The van der Waals surface area contributed by atoms with Crippen LogP contribution in [0.1, 0.15) is 49.7 Å². The van der Waals surface area contributed by atoms with Gasteiger partial charge in [-0.15, -0.1) is 0 Å². The number of hydroxylamine groups is 2. The molecule has 2 atom stereocenters. The number of alkyl carbamates (subject to hydrolysis) is 1. The number of likely N-dealkylation sites (N-methyl/N-ethyl adjacent to an activating group) is 1. The van der Waals surface area contributed by atoms with Crippen LogP contribution in [0, 0.1) is 0 Å². The first-order valence-corrected chi connectivity index (χ1v) is 12.3. The first kappa shape index (κ1) is 26.4. The largest absolute Gasteiger partial charge is 0.444 e. The molecule has 12 nitrogen and oxygen atoms in total. The summed E-state index contributed by atoms with van der Waals surface area (Å²) < 4.78 is 6.61. The second-order valence-corrected chi connectivity index (χ2v) is 10.4. The van der Waals surface area contributed by atoms with Gasteiger partial charge in [-0.2, -0.15) is 14.8 Å². The predicted octanol–water partition coefficient (Wildman–Crippen LogP) is 2.49. The number of carbonyl (C=O) groups is 3. The minimum atomic E-state index is -0.662. The van der Waals surface area contributed by atoms with Gasteiger partial charge in [0.15, 0.2) is 0 Å². The monoisotopic (exact) mass is 513 g/mol. The van der Waals surface area contributed by atoms with E-state index >= 15 is 0 Å². The summed E-state index contributed by atoms with van der Waals surface area (Å²) in [5.74, 6) is 0. The highest BCUT2D eigenvalue weighted by molar-refractivity contribution is 5.80. The van der Waals surface area contributed by atoms with Crippen LogP contribution >= 0.6 is 0 Å². The Morgan fingerprint density at radius 1 is 1.16 bits per heavy atom. The molecule has 0 radical (unpaired) electrons. The molecule has 1 aromatic carbocycles. The number of nitrogens with one attached hydrogen (secondary N) is 2. The van der Waals surface area contributed by atoms with Crippen molar-refractivity contribution in [2.75, 3.05) is 40.3 Å². The Kier molecular flexibility index (Phi) is 7.69. The summed E-state index contributed by atoms with van der Waals surface area (Å²) in [6, 6.07) is 7.84. The summed E-state index contributed by atoms with van der Waals surface area (Å²) in [5.41, 5.74) is 1.50. The second kappa shape index (κ2) is 10.8. The van der Waals surface area contributed by atoms with Gasteiger partial charge in [-0.05, 0) is 40.4 Å². The van der Waals surface area contributed by atoms with Crippen molar-refractivity contribution in [3.63, 3.8) is 0 Å². The highest BCUT2D eigenvalue weighted by atomic mass is 16.7. The summed E-state index contributed by atoms with van der Waals surface area (Å²) in [6.45, 7) is 7.10. The van der Waals surface area contributed by atoms with E-state index < -0.39 is 23.8 Å². The fourth-order valence-corrected chi connectivity index (χ4v) is 4.28. The molecule has 37 heavy (non-hydrogen) atoms. The third-order valence-electron chi connectivity index (χ3n) is 6.01. The Morgan fingerprint density at radius 3 is 2.57 bits per heavy atom. The van der Waals surface area contributed by atoms with E-state index in [0.29, 0.717) is 30.9 Å². The van der Waals surface area contributed by atoms with E-state index in [9.17, 15) is 14.4 Å². The molecule has 3 heterocycles. The Morgan fingerprint density at radius 2 is 1.89 bits per heavy atom. The molecule has 2 aliphatic rings. The number of rotatable bonds is 8. The third kappa shape index (κ3) is 6.20. The van der Waals surface area contributed by atoms with Crippen molar-refractivity contribution in [3.8, 4) is 0 Å². The van der Waals surface area contributed by atoms with Crippen molar-refractivity contribution >= 4 is 18.2 Å². The van der Waals surface area contributed by atoms with Crippen molar-refractivity contribution in [2.45, 2.75) is 45.1 Å². The minimum Gasteiger partial charge on any atom is -0.444 e. The molecule has 2 aliphatic heterocycles. The molecule has 200 valence electrons. The van der Waals surface area contributed by atoms with Crippen molar-refractivity contribution in [1.82, 2.24) is 35.3 Å². The number of urea groups is 1. The van der Waals surface area contributed by atoms with Gasteiger partial charge >= 0.3 is 18.2 Å². The van der Waals surface area contributed by atoms with Gasteiger partial charge in [0.25, 0.3) is 0 Å². The summed E-state index contributed by atoms with van der Waals surface area (Å²) in [6.07, 6.45) is 1.04. The molecule has 1 saturated heterocycles. The van der Waals surface area contributed by atoms with Gasteiger partial charge in [0.1, 0.15) is 18.2 Å². The molecule has 2 aromatic rings. The summed E-state index contributed by atoms with van der Waals surface area (Å²) in [7, 11) is 3.85. The molecule has 1 fully saturated rings. The maximum absolute atomic E-state index is 13.3. The van der Waals surface area contributed by atoms with Gasteiger partial charge in [0.05, 0.1) is 18.3 Å². The van der Waals surface area contributed by atoms with E-state index in [0.717, 1.165) is 5.56 Å². The van der Waals surface area contributed by atoms with Crippen LogP contribution in [0.2, 0.25) is 0 Å². The van der Waals surface area contributed by atoms with Gasteiger partial charge in [-0.25, -0.2) is 14.4 Å². The number of hydrogen-bond acceptors (Lipinski definition) is 7. The van der Waals surface area contributed by atoms with E-state index in [1.54, 1.807) is 31.9 Å². The average Bonchev–Trinajstić information content (AvgIpc) is 3.38. The van der Waals surface area contributed by atoms with Crippen molar-refractivity contribution in [2.24, 2.45) is 0 Å². The fraction of sp³-hybridized carbons (Fsp3) is 0.520. The maximum atomic E-state index is 13.3. The van der Waals surface area contributed by atoms with Crippen LogP contribution in [0.15, 0.2) is 36.5 Å². The zero-order valence-corrected chi connectivity index (χ0v) is 21.9. The number of amides is 4. The number of aromatic nitrogens is 2. The molecule has 4 rings (SSSR count). The third-order valence-corrected chi connectivity index (χ3v) is 6.01. The maximum Gasteiger partial charge on any atom is 0.407 e. The smallest absolute Gasteiger partial charge is 0.407 e. The highest BCUT2D eigenvalue weighted by Gasteiger charge is 2.50. The van der Waals surface area contributed by atoms with Gasteiger partial charge in [-0.3, -0.25) is 4.84 Å². The lowest BCUT2D eigenvalue weighted by Gasteiger charge is -2.30. The summed E-state index contributed by atoms with van der Waals surface area (Å²) in [5, 5.41) is 11.5. The number of ether oxygens (including phenoxy) is 1. The standard InChI is InChI=1S/C25H35N7O5/c1-25(2,3)37-23(34)27-13-19-21-18(14-31(28-21)22(33)26-11-12-29(4)5)20-15-30(19)24(35)32(20)36-16-17-9-7-6-8-10-17/h6-10,14,19-20H,11-13,15-16H2,1-5H3,(H,26,33)(H,27,34)/t19?,20-/m1/s1. The molecule has 1 unspecified atom stereocenters. The number of nitrogens with zero attached hydrogens (tertiary/aromatic N) is 5. The Hall–Kier alpha value is -3.64. The number of benzene rings is 1. The Balaban J connectivity index is 1.56. The van der Waals surface area contributed by atoms with Crippen molar-refractivity contribution < 1.29 is 24.0 Å². The van der Waals surface area contributed by atoms with E-state index in [4.69, 9.17) is 9.57 Å². The highest BCUT2D eigenvalue weighted by Crippen LogP contribution is 2.43. The molecule has 2 bridgehead atoms. The fourth-order valence-electron chi connectivity index (χ4n) is 4.28. The van der Waals surface area contributed by atoms with Gasteiger partial charge < -0.3 is 25.2 Å². The van der Waals surface area contributed by atoms with Crippen LogP contribution in [-0.2, 0) is 16.2 Å². The first-order valence-electron chi connectivity index (χ1n) is 12.3. The van der Waals surface area contributed by atoms with Crippen LogP contribution in [0.3, 0.4) is 0 Å². The van der Waals surface area contributed by atoms with Gasteiger partial charge in [-0.1, -0.05) is 30.3 Å². The Labute approximate surface area is 216 Å². The van der Waals surface area contributed by atoms with Crippen LogP contribution in [-0.4, -0.2) is 88.7 Å². The topological polar surface area (TPSA) is 121 Å².